The maximum absolute atomic E-state index is 6.08. The van der Waals surface area contributed by atoms with Gasteiger partial charge in [0.15, 0.2) is 0 Å². The molecule has 4 fully saturated rings. The van der Waals surface area contributed by atoms with Crippen LogP contribution in [-0.2, 0) is 4.74 Å². The molecule has 5 aliphatic carbocycles. The van der Waals surface area contributed by atoms with Crippen molar-refractivity contribution in [2.75, 3.05) is 7.11 Å². The second kappa shape index (κ2) is 7.14. The van der Waals surface area contributed by atoms with Gasteiger partial charge in [0.05, 0.1) is 6.10 Å². The summed E-state index contributed by atoms with van der Waals surface area (Å²) in [5.74, 6) is 3.24. The Morgan fingerprint density at radius 2 is 1.48 bits per heavy atom. The largest absolute Gasteiger partial charge is 0.381 e. The fourth-order valence-electron chi connectivity index (χ4n) is 11.6. The summed E-state index contributed by atoms with van der Waals surface area (Å²) in [6.07, 6.45) is 15.6. The van der Waals surface area contributed by atoms with Gasteiger partial charge in [-0.05, 0) is 114 Å². The minimum Gasteiger partial charge on any atom is -0.381 e. The Hall–Kier alpha value is -0.300. The maximum Gasteiger partial charge on any atom is 0.0625 e. The first-order chi connectivity index (χ1) is 15.2. The van der Waals surface area contributed by atoms with Crippen LogP contribution in [0.4, 0.5) is 0 Å². The molecule has 0 radical (unpaired) electrons. The Kier molecular flexibility index (Phi) is 5.28. The zero-order valence-electron chi connectivity index (χ0n) is 23.7. The predicted octanol–water partition coefficient (Wildman–Crippen LogP) is 9.07. The first-order valence-corrected chi connectivity index (χ1v) is 14.5. The lowest BCUT2D eigenvalue weighted by atomic mass is 9.29. The number of ether oxygens (including phenoxy) is 1. The van der Waals surface area contributed by atoms with Gasteiger partial charge in [0.2, 0.25) is 0 Å². The van der Waals surface area contributed by atoms with E-state index in [0.717, 1.165) is 23.7 Å². The number of hydrogen-bond donors (Lipinski definition) is 0. The molecule has 0 bridgehead atoms. The lowest BCUT2D eigenvalue weighted by Crippen LogP contribution is -2.69. The average Bonchev–Trinajstić information content (AvgIpc) is 2.74. The standard InChI is InChI=1S/C32H54O/c1-21-11-15-28(5)19-20-29(6)23(26(28)22(21)2)12-17-32(9)30(7)16-14-25(33-10)27(3,4)24(30)13-18-31(29,32)8/h12,21-22,24-26H,11,13-20H2,1-10H3/t21-,22+,24+,25+,26+,28-,29-,30+,31+,32-/m1/s1. The lowest BCUT2D eigenvalue weighted by Gasteiger charge is -2.76. The highest BCUT2D eigenvalue weighted by Gasteiger charge is 2.72. The summed E-state index contributed by atoms with van der Waals surface area (Å²) in [7, 11) is 1.95. The van der Waals surface area contributed by atoms with Crippen molar-refractivity contribution in [1.82, 2.24) is 0 Å². The lowest BCUT2D eigenvalue weighted by molar-refractivity contribution is -0.252. The highest BCUT2D eigenvalue weighted by molar-refractivity contribution is 5.36. The van der Waals surface area contributed by atoms with Gasteiger partial charge < -0.3 is 4.74 Å². The predicted molar refractivity (Wildman–Crippen MR) is 140 cm³/mol. The van der Waals surface area contributed by atoms with E-state index in [9.17, 15) is 0 Å². The summed E-state index contributed by atoms with van der Waals surface area (Å²) >= 11 is 0. The van der Waals surface area contributed by atoms with Gasteiger partial charge in [0.25, 0.3) is 0 Å². The second-order valence-corrected chi connectivity index (χ2v) is 15.5. The van der Waals surface area contributed by atoms with E-state index in [1.165, 1.54) is 57.8 Å². The normalized spacial score (nSPS) is 57.8. The van der Waals surface area contributed by atoms with Gasteiger partial charge in [-0.25, -0.2) is 0 Å². The molecule has 0 aromatic carbocycles. The van der Waals surface area contributed by atoms with Crippen LogP contribution in [0.3, 0.4) is 0 Å². The van der Waals surface area contributed by atoms with Crippen LogP contribution >= 0.6 is 0 Å². The SMILES string of the molecule is CO[C@H]1CC[C@@]2(C)[C@@H](CC[C@]3(C)[C@]2(C)CC=C2[C@@H]4[C@@H](C)[C@H](C)CC[C@]4(C)CC[C@]23C)C1(C)C. The van der Waals surface area contributed by atoms with E-state index in [1.54, 1.807) is 0 Å². The van der Waals surface area contributed by atoms with Crippen molar-refractivity contribution < 1.29 is 4.74 Å². The summed E-state index contributed by atoms with van der Waals surface area (Å²) in [5, 5.41) is 0. The molecule has 0 aromatic heterocycles. The van der Waals surface area contributed by atoms with E-state index >= 15 is 0 Å². The fourth-order valence-corrected chi connectivity index (χ4v) is 11.6. The van der Waals surface area contributed by atoms with Crippen LogP contribution in [0.25, 0.3) is 0 Å². The van der Waals surface area contributed by atoms with Crippen LogP contribution in [0, 0.1) is 56.2 Å². The Bertz CT molecular complexity index is 839. The zero-order valence-corrected chi connectivity index (χ0v) is 23.7. The van der Waals surface area contributed by atoms with Gasteiger partial charge in [-0.2, -0.15) is 0 Å². The Morgan fingerprint density at radius 1 is 0.788 bits per heavy atom. The highest BCUT2D eigenvalue weighted by atomic mass is 16.5. The van der Waals surface area contributed by atoms with E-state index in [0.29, 0.717) is 33.2 Å². The number of methoxy groups -OCH3 is 1. The molecule has 0 aromatic rings. The topological polar surface area (TPSA) is 9.23 Å². The molecule has 5 aliphatic rings. The molecule has 188 valence electrons. The van der Waals surface area contributed by atoms with Crippen LogP contribution in [-0.4, -0.2) is 13.2 Å². The molecule has 1 nitrogen and oxygen atoms in total. The molecule has 33 heavy (non-hydrogen) atoms. The Morgan fingerprint density at radius 3 is 2.15 bits per heavy atom. The third kappa shape index (κ3) is 2.70. The average molecular weight is 455 g/mol. The quantitative estimate of drug-likeness (QED) is 0.359. The third-order valence-electron chi connectivity index (χ3n) is 14.6. The number of allylic oxidation sites excluding steroid dienone is 2. The van der Waals surface area contributed by atoms with E-state index in [2.05, 4.69) is 68.4 Å². The summed E-state index contributed by atoms with van der Waals surface area (Å²) in [4.78, 5) is 0. The molecule has 0 amide bonds. The Labute approximate surface area is 205 Å². The maximum atomic E-state index is 6.08. The molecule has 0 saturated heterocycles. The van der Waals surface area contributed by atoms with E-state index in [4.69, 9.17) is 4.74 Å². The summed E-state index contributed by atoms with van der Waals surface area (Å²) in [5.41, 5.74) is 4.17. The van der Waals surface area contributed by atoms with Crippen LogP contribution in [0.15, 0.2) is 11.6 Å². The number of rotatable bonds is 1. The summed E-state index contributed by atoms with van der Waals surface area (Å²) in [6, 6.07) is 0. The number of fused-ring (bicyclic) bond motifs is 7. The van der Waals surface area contributed by atoms with E-state index in [-0.39, 0.29) is 5.41 Å². The minimum atomic E-state index is 0.259. The highest BCUT2D eigenvalue weighted by Crippen LogP contribution is 2.80. The van der Waals surface area contributed by atoms with Crippen LogP contribution in [0.5, 0.6) is 0 Å². The first kappa shape index (κ1) is 24.4. The van der Waals surface area contributed by atoms with Crippen molar-refractivity contribution in [2.45, 2.75) is 126 Å². The van der Waals surface area contributed by atoms with Gasteiger partial charge in [0, 0.05) is 7.11 Å². The molecule has 5 rings (SSSR count). The fraction of sp³-hybridized carbons (Fsp3) is 0.938. The van der Waals surface area contributed by atoms with Crippen molar-refractivity contribution in [2.24, 2.45) is 56.2 Å². The molecule has 0 aliphatic heterocycles. The third-order valence-corrected chi connectivity index (χ3v) is 14.6. The molecule has 0 N–H and O–H groups in total. The van der Waals surface area contributed by atoms with Crippen LogP contribution < -0.4 is 0 Å². The van der Waals surface area contributed by atoms with Gasteiger partial charge in [0.1, 0.15) is 0 Å². The van der Waals surface area contributed by atoms with Gasteiger partial charge in [-0.1, -0.05) is 74.0 Å². The van der Waals surface area contributed by atoms with E-state index < -0.39 is 0 Å². The molecular formula is C32H54O. The Balaban J connectivity index is 1.62. The molecule has 0 spiro atoms. The van der Waals surface area contributed by atoms with Gasteiger partial charge in [-0.15, -0.1) is 0 Å². The van der Waals surface area contributed by atoms with Gasteiger partial charge >= 0.3 is 0 Å². The molecule has 10 atom stereocenters. The van der Waals surface area contributed by atoms with Crippen LogP contribution in [0.1, 0.15) is 120 Å². The van der Waals surface area contributed by atoms with Crippen molar-refractivity contribution in [1.29, 1.82) is 0 Å². The first-order valence-electron chi connectivity index (χ1n) is 14.5. The summed E-state index contributed by atoms with van der Waals surface area (Å²) < 4.78 is 6.08. The van der Waals surface area contributed by atoms with Crippen molar-refractivity contribution in [3.05, 3.63) is 11.6 Å². The second-order valence-electron chi connectivity index (χ2n) is 15.5. The van der Waals surface area contributed by atoms with Crippen molar-refractivity contribution >= 4 is 0 Å². The zero-order chi connectivity index (χ0) is 24.2. The minimum absolute atomic E-state index is 0.259. The van der Waals surface area contributed by atoms with Gasteiger partial charge in [-0.3, -0.25) is 0 Å². The van der Waals surface area contributed by atoms with Crippen molar-refractivity contribution in [3.63, 3.8) is 0 Å². The molecule has 0 heterocycles. The van der Waals surface area contributed by atoms with Crippen LogP contribution in [0.2, 0.25) is 0 Å². The molecule has 1 heteroatoms. The number of hydrogen-bond acceptors (Lipinski definition) is 1. The molecule has 4 saturated carbocycles. The molecular weight excluding hydrogens is 400 g/mol. The smallest absolute Gasteiger partial charge is 0.0625 e. The molecule has 0 unspecified atom stereocenters. The van der Waals surface area contributed by atoms with E-state index in [1.807, 2.05) is 12.7 Å². The van der Waals surface area contributed by atoms with Crippen molar-refractivity contribution in [3.8, 4) is 0 Å². The monoisotopic (exact) mass is 454 g/mol. The summed E-state index contributed by atoms with van der Waals surface area (Å²) in [6.45, 7) is 23.8.